The van der Waals surface area contributed by atoms with Crippen LogP contribution in [-0.4, -0.2) is 42.1 Å². The van der Waals surface area contributed by atoms with Gasteiger partial charge in [-0.2, -0.15) is 0 Å². The van der Waals surface area contributed by atoms with Crippen LogP contribution in [0, 0.1) is 17.8 Å². The van der Waals surface area contributed by atoms with Crippen molar-refractivity contribution in [2.24, 2.45) is 17.8 Å². The molecule has 2 atom stereocenters. The molecule has 0 aromatic carbocycles. The molecule has 4 aliphatic rings. The van der Waals surface area contributed by atoms with Crippen LogP contribution in [0.3, 0.4) is 0 Å². The van der Waals surface area contributed by atoms with Crippen LogP contribution in [0.15, 0.2) is 0 Å². The molecule has 0 aromatic rings. The number of hydrogen-bond donors (Lipinski definition) is 1. The third-order valence-corrected chi connectivity index (χ3v) is 4.76. The average Bonchev–Trinajstić information content (AvgIpc) is 2.72. The van der Waals surface area contributed by atoms with E-state index in [4.69, 9.17) is 4.74 Å². The Hall–Kier alpha value is -1.26. The number of ether oxygens (including phenoxy) is 1. The molecule has 1 N–H and O–H groups in total. The predicted octanol–water partition coefficient (Wildman–Crippen LogP) is 0.353. The van der Waals surface area contributed by atoms with Gasteiger partial charge in [-0.05, 0) is 31.1 Å². The fourth-order valence-electron chi connectivity index (χ4n) is 3.61. The number of nitrogens with one attached hydrogen (secondary N) is 1. The van der Waals surface area contributed by atoms with E-state index in [9.17, 15) is 9.59 Å². The fraction of sp³-hybridized carbons (Fsp3) is 0.833. The van der Waals surface area contributed by atoms with Gasteiger partial charge in [-0.3, -0.25) is 4.79 Å². The molecule has 0 bridgehead atoms. The van der Waals surface area contributed by atoms with Gasteiger partial charge in [0.25, 0.3) is 0 Å². The molecule has 4 rings (SSSR count). The van der Waals surface area contributed by atoms with E-state index in [1.54, 1.807) is 0 Å². The lowest BCUT2D eigenvalue weighted by Gasteiger charge is -2.43. The topological polar surface area (TPSA) is 58.6 Å². The van der Waals surface area contributed by atoms with Crippen molar-refractivity contribution in [3.8, 4) is 0 Å². The highest BCUT2D eigenvalue weighted by atomic mass is 16.6. The van der Waals surface area contributed by atoms with Crippen LogP contribution in [0.4, 0.5) is 4.79 Å². The van der Waals surface area contributed by atoms with Crippen molar-refractivity contribution in [3.63, 3.8) is 0 Å². The maximum absolute atomic E-state index is 12.2. The van der Waals surface area contributed by atoms with Gasteiger partial charge >= 0.3 is 6.09 Å². The van der Waals surface area contributed by atoms with E-state index in [0.717, 1.165) is 37.8 Å². The second-order valence-electron chi connectivity index (χ2n) is 6.09. The molecule has 17 heavy (non-hydrogen) atoms. The SMILES string of the molecule is O=C1N[C@]2(CO1)C[C@H](C(=O)N1CC3C[C@@H]3C1)C2. The molecule has 92 valence electrons. The number of cyclic esters (lactones) is 1. The van der Waals surface area contributed by atoms with Crippen molar-refractivity contribution in [2.45, 2.75) is 24.8 Å². The minimum absolute atomic E-state index is 0.106. The molecule has 5 nitrogen and oxygen atoms in total. The van der Waals surface area contributed by atoms with Crippen molar-refractivity contribution < 1.29 is 14.3 Å². The monoisotopic (exact) mass is 236 g/mol. The summed E-state index contributed by atoms with van der Waals surface area (Å²) in [6.45, 7) is 2.37. The number of fused-ring (bicyclic) bond motifs is 1. The number of carbonyl (C=O) groups excluding carboxylic acids is 2. The highest BCUT2D eigenvalue weighted by Gasteiger charge is 2.55. The Balaban J connectivity index is 1.36. The average molecular weight is 236 g/mol. The largest absolute Gasteiger partial charge is 0.447 e. The summed E-state index contributed by atoms with van der Waals surface area (Å²) >= 11 is 0. The zero-order valence-corrected chi connectivity index (χ0v) is 9.65. The third kappa shape index (κ3) is 1.37. The normalized spacial score (nSPS) is 46.2. The molecule has 2 heterocycles. The number of rotatable bonds is 1. The smallest absolute Gasteiger partial charge is 0.407 e. The first-order valence-corrected chi connectivity index (χ1v) is 6.39. The molecule has 1 spiro atoms. The Labute approximate surface area is 99.5 Å². The van der Waals surface area contributed by atoms with Crippen LogP contribution in [0.2, 0.25) is 0 Å². The molecule has 2 aliphatic heterocycles. The van der Waals surface area contributed by atoms with Gasteiger partial charge in [0.2, 0.25) is 5.91 Å². The van der Waals surface area contributed by atoms with Crippen molar-refractivity contribution in [3.05, 3.63) is 0 Å². The van der Waals surface area contributed by atoms with Crippen molar-refractivity contribution in [1.82, 2.24) is 10.2 Å². The quantitative estimate of drug-likeness (QED) is 0.715. The number of amides is 2. The molecule has 2 saturated carbocycles. The number of nitrogens with zero attached hydrogens (tertiary/aromatic N) is 1. The fourth-order valence-corrected chi connectivity index (χ4v) is 3.61. The maximum Gasteiger partial charge on any atom is 0.407 e. The number of likely N-dealkylation sites (tertiary alicyclic amines) is 1. The first-order valence-electron chi connectivity index (χ1n) is 6.39. The molecule has 2 aliphatic carbocycles. The molecule has 5 heteroatoms. The minimum Gasteiger partial charge on any atom is -0.447 e. The summed E-state index contributed by atoms with van der Waals surface area (Å²) in [6.07, 6.45) is 2.49. The van der Waals surface area contributed by atoms with E-state index in [-0.39, 0.29) is 17.6 Å². The van der Waals surface area contributed by atoms with Crippen LogP contribution in [0.1, 0.15) is 19.3 Å². The molecule has 0 radical (unpaired) electrons. The zero-order chi connectivity index (χ0) is 11.6. The van der Waals surface area contributed by atoms with Gasteiger partial charge in [0.1, 0.15) is 6.61 Å². The van der Waals surface area contributed by atoms with Crippen molar-refractivity contribution in [2.75, 3.05) is 19.7 Å². The molecule has 2 amide bonds. The Morgan fingerprint density at radius 2 is 2.06 bits per heavy atom. The highest BCUT2D eigenvalue weighted by Crippen LogP contribution is 2.47. The summed E-state index contributed by atoms with van der Waals surface area (Å²) in [7, 11) is 0. The van der Waals surface area contributed by atoms with E-state index in [2.05, 4.69) is 5.32 Å². The van der Waals surface area contributed by atoms with E-state index in [1.807, 2.05) is 4.90 Å². The second kappa shape index (κ2) is 2.94. The van der Waals surface area contributed by atoms with Crippen molar-refractivity contribution >= 4 is 12.0 Å². The van der Waals surface area contributed by atoms with E-state index in [1.165, 1.54) is 6.42 Å². The summed E-state index contributed by atoms with van der Waals surface area (Å²) in [5.41, 5.74) is -0.222. The lowest BCUT2D eigenvalue weighted by atomic mass is 9.68. The Bertz CT molecular complexity index is 393. The summed E-state index contributed by atoms with van der Waals surface area (Å²) in [5, 5.41) is 2.83. The second-order valence-corrected chi connectivity index (χ2v) is 6.09. The van der Waals surface area contributed by atoms with Crippen molar-refractivity contribution in [1.29, 1.82) is 0 Å². The van der Waals surface area contributed by atoms with Gasteiger partial charge in [0.05, 0.1) is 5.54 Å². The van der Waals surface area contributed by atoms with E-state index >= 15 is 0 Å². The van der Waals surface area contributed by atoms with Gasteiger partial charge in [-0.25, -0.2) is 4.79 Å². The lowest BCUT2D eigenvalue weighted by Crippen LogP contribution is -2.58. The first-order chi connectivity index (χ1) is 8.15. The predicted molar refractivity (Wildman–Crippen MR) is 58.1 cm³/mol. The van der Waals surface area contributed by atoms with Crippen LogP contribution in [0.25, 0.3) is 0 Å². The van der Waals surface area contributed by atoms with Crippen LogP contribution in [0.5, 0.6) is 0 Å². The highest BCUT2D eigenvalue weighted by molar-refractivity contribution is 5.82. The summed E-state index contributed by atoms with van der Waals surface area (Å²) in [5.74, 6) is 1.99. The molecule has 4 fully saturated rings. The molecular formula is C12H16N2O3. The number of carbonyl (C=O) groups is 2. The van der Waals surface area contributed by atoms with Gasteiger partial charge in [-0.15, -0.1) is 0 Å². The maximum atomic E-state index is 12.2. The summed E-state index contributed by atoms with van der Waals surface area (Å²) in [4.78, 5) is 25.2. The van der Waals surface area contributed by atoms with Crippen LogP contribution >= 0.6 is 0 Å². The molecule has 1 unspecified atom stereocenters. The number of piperidine rings is 1. The number of alkyl carbamates (subject to hydrolysis) is 1. The van der Waals surface area contributed by atoms with Gasteiger partial charge in [0.15, 0.2) is 0 Å². The minimum atomic E-state index is -0.335. The lowest BCUT2D eigenvalue weighted by molar-refractivity contribution is -0.140. The van der Waals surface area contributed by atoms with Gasteiger partial charge in [-0.1, -0.05) is 0 Å². The van der Waals surface area contributed by atoms with E-state index in [0.29, 0.717) is 12.5 Å². The zero-order valence-electron chi connectivity index (χ0n) is 9.65. The van der Waals surface area contributed by atoms with Gasteiger partial charge < -0.3 is 15.0 Å². The van der Waals surface area contributed by atoms with Crippen LogP contribution in [-0.2, 0) is 9.53 Å². The molecule has 2 saturated heterocycles. The third-order valence-electron chi connectivity index (χ3n) is 4.76. The molecule has 0 aromatic heterocycles. The summed E-state index contributed by atoms with van der Waals surface area (Å²) < 4.78 is 4.91. The Morgan fingerprint density at radius 1 is 1.35 bits per heavy atom. The summed E-state index contributed by atoms with van der Waals surface area (Å²) in [6, 6.07) is 0. The standard InChI is InChI=1S/C12H16N2O3/c15-10(14-4-7-1-8(7)5-14)9-2-12(3-9)6-17-11(16)13-12/h7-9H,1-6H2,(H,13,16)/t7-,8?,9-,12+/m1/s1. The first kappa shape index (κ1) is 9.74. The Kier molecular flexibility index (Phi) is 1.69. The molecular weight excluding hydrogens is 220 g/mol. The van der Waals surface area contributed by atoms with Crippen LogP contribution < -0.4 is 5.32 Å². The number of hydrogen-bond acceptors (Lipinski definition) is 3. The van der Waals surface area contributed by atoms with Gasteiger partial charge in [0, 0.05) is 19.0 Å². The van der Waals surface area contributed by atoms with E-state index < -0.39 is 0 Å². The Morgan fingerprint density at radius 3 is 2.65 bits per heavy atom.